The number of nitrogens with one attached hydrogen (secondary N) is 1. The Hall–Kier alpha value is -3.06. The second-order valence-corrected chi connectivity index (χ2v) is 8.96. The molecule has 0 atom stereocenters. The number of aryl methyl sites for hydroxylation is 1. The van der Waals surface area contributed by atoms with Crippen LogP contribution in [0.2, 0.25) is 0 Å². The van der Waals surface area contributed by atoms with Crippen LogP contribution >= 0.6 is 0 Å². The number of hydrogen-bond donors (Lipinski definition) is 1. The Balaban J connectivity index is 1.33. The van der Waals surface area contributed by atoms with Gasteiger partial charge in [0.15, 0.2) is 0 Å². The largest absolute Gasteiger partial charge is 0.381 e. The molecule has 0 unspecified atom stereocenters. The topological polar surface area (TPSA) is 77.2 Å². The van der Waals surface area contributed by atoms with Gasteiger partial charge in [0.1, 0.15) is 5.82 Å². The average Bonchev–Trinajstić information content (AvgIpc) is 3.32. The van der Waals surface area contributed by atoms with Gasteiger partial charge in [-0.05, 0) is 42.0 Å². The molecule has 1 aromatic heterocycles. The fraction of sp³-hybridized carbons (Fsp3) is 0.423. The van der Waals surface area contributed by atoms with Crippen LogP contribution in [-0.4, -0.2) is 35.8 Å². The fourth-order valence-corrected chi connectivity index (χ4v) is 4.20. The molecule has 6 nitrogen and oxygen atoms in total. The van der Waals surface area contributed by atoms with Gasteiger partial charge in [0.2, 0.25) is 17.6 Å². The standard InChI is InChI=1S/C26H30FN3O3/c1-18(2)19-3-5-20(6-4-19)25-29-24(33-30-25)12-11-23(31)28-17-26(13-15-32-16-14-26)21-7-9-22(27)10-8-21/h3-10,18H,11-17H2,1-2H3,(H,28,31). The van der Waals surface area contributed by atoms with Gasteiger partial charge in [-0.1, -0.05) is 55.4 Å². The maximum absolute atomic E-state index is 13.4. The van der Waals surface area contributed by atoms with Crippen molar-refractivity contribution in [2.75, 3.05) is 19.8 Å². The number of amides is 1. The van der Waals surface area contributed by atoms with Crippen LogP contribution < -0.4 is 5.32 Å². The molecule has 1 N–H and O–H groups in total. The zero-order valence-corrected chi connectivity index (χ0v) is 19.1. The summed E-state index contributed by atoms with van der Waals surface area (Å²) < 4.78 is 24.3. The maximum Gasteiger partial charge on any atom is 0.227 e. The molecule has 174 valence electrons. The minimum absolute atomic E-state index is 0.0796. The first-order chi connectivity index (χ1) is 15.9. The number of ether oxygens (including phenoxy) is 1. The molecule has 0 radical (unpaired) electrons. The second kappa shape index (κ2) is 10.3. The van der Waals surface area contributed by atoms with Crippen molar-refractivity contribution in [3.8, 4) is 11.4 Å². The summed E-state index contributed by atoms with van der Waals surface area (Å²) in [7, 11) is 0. The Morgan fingerprint density at radius 2 is 1.79 bits per heavy atom. The molecule has 7 heteroatoms. The summed E-state index contributed by atoms with van der Waals surface area (Å²) in [6, 6.07) is 14.7. The minimum atomic E-state index is -0.264. The molecule has 0 bridgehead atoms. The quantitative estimate of drug-likeness (QED) is 0.533. The monoisotopic (exact) mass is 451 g/mol. The molecule has 4 rings (SSSR count). The Kier molecular flexibility index (Phi) is 7.18. The fourth-order valence-electron chi connectivity index (χ4n) is 4.20. The van der Waals surface area contributed by atoms with Crippen molar-refractivity contribution >= 4 is 5.91 Å². The Morgan fingerprint density at radius 3 is 2.45 bits per heavy atom. The van der Waals surface area contributed by atoms with Crippen molar-refractivity contribution in [2.45, 2.75) is 50.9 Å². The second-order valence-electron chi connectivity index (χ2n) is 8.96. The van der Waals surface area contributed by atoms with Crippen LogP contribution in [0, 0.1) is 5.82 Å². The highest BCUT2D eigenvalue weighted by molar-refractivity contribution is 5.76. The summed E-state index contributed by atoms with van der Waals surface area (Å²) in [6.45, 7) is 6.02. The molecule has 0 spiro atoms. The first-order valence-electron chi connectivity index (χ1n) is 11.5. The van der Waals surface area contributed by atoms with Crippen molar-refractivity contribution in [1.82, 2.24) is 15.5 Å². The van der Waals surface area contributed by atoms with E-state index >= 15 is 0 Å². The van der Waals surface area contributed by atoms with Gasteiger partial charge < -0.3 is 14.6 Å². The van der Waals surface area contributed by atoms with Crippen LogP contribution in [0.25, 0.3) is 11.4 Å². The number of nitrogens with zero attached hydrogens (tertiary/aromatic N) is 2. The van der Waals surface area contributed by atoms with Gasteiger partial charge in [-0.3, -0.25) is 4.79 Å². The zero-order chi connectivity index (χ0) is 23.3. The summed E-state index contributed by atoms with van der Waals surface area (Å²) in [4.78, 5) is 17.0. The molecule has 33 heavy (non-hydrogen) atoms. The minimum Gasteiger partial charge on any atom is -0.381 e. The Morgan fingerprint density at radius 1 is 1.09 bits per heavy atom. The van der Waals surface area contributed by atoms with E-state index in [0.29, 0.717) is 43.8 Å². The molecular formula is C26H30FN3O3. The highest BCUT2D eigenvalue weighted by Gasteiger charge is 2.34. The van der Waals surface area contributed by atoms with Gasteiger partial charge in [0.25, 0.3) is 0 Å². The lowest BCUT2D eigenvalue weighted by atomic mass is 9.74. The van der Waals surface area contributed by atoms with Crippen LogP contribution in [0.3, 0.4) is 0 Å². The first-order valence-corrected chi connectivity index (χ1v) is 11.5. The lowest BCUT2D eigenvalue weighted by molar-refractivity contribution is -0.121. The van der Waals surface area contributed by atoms with Crippen molar-refractivity contribution in [2.24, 2.45) is 0 Å². The van der Waals surface area contributed by atoms with Crippen molar-refractivity contribution in [3.63, 3.8) is 0 Å². The third-order valence-electron chi connectivity index (χ3n) is 6.40. The van der Waals surface area contributed by atoms with Gasteiger partial charge in [-0.25, -0.2) is 4.39 Å². The van der Waals surface area contributed by atoms with Crippen LogP contribution in [0.4, 0.5) is 4.39 Å². The predicted octanol–water partition coefficient (Wildman–Crippen LogP) is 4.80. The van der Waals surface area contributed by atoms with Gasteiger partial charge in [-0.2, -0.15) is 4.98 Å². The van der Waals surface area contributed by atoms with E-state index in [0.717, 1.165) is 24.0 Å². The highest BCUT2D eigenvalue weighted by Crippen LogP contribution is 2.34. The molecule has 1 saturated heterocycles. The number of carbonyl (C=O) groups is 1. The van der Waals surface area contributed by atoms with E-state index in [1.54, 1.807) is 12.1 Å². The number of benzene rings is 2. The predicted molar refractivity (Wildman–Crippen MR) is 123 cm³/mol. The summed E-state index contributed by atoms with van der Waals surface area (Å²) in [5.74, 6) is 1.08. The molecule has 0 aliphatic carbocycles. The van der Waals surface area contributed by atoms with Gasteiger partial charge in [0.05, 0.1) is 0 Å². The normalized spacial score (nSPS) is 15.5. The molecule has 2 heterocycles. The number of rotatable bonds is 8. The summed E-state index contributed by atoms with van der Waals surface area (Å²) in [5.41, 5.74) is 2.92. The lowest BCUT2D eigenvalue weighted by Gasteiger charge is -2.38. The third kappa shape index (κ3) is 5.66. The van der Waals surface area contributed by atoms with E-state index < -0.39 is 0 Å². The molecule has 0 saturated carbocycles. The number of aromatic nitrogens is 2. The first kappa shape index (κ1) is 23.1. The molecule has 1 amide bonds. The zero-order valence-electron chi connectivity index (χ0n) is 19.1. The number of carbonyl (C=O) groups excluding carboxylic acids is 1. The Bertz CT molecular complexity index is 1060. The number of hydrogen-bond acceptors (Lipinski definition) is 5. The summed E-state index contributed by atoms with van der Waals surface area (Å²) >= 11 is 0. The lowest BCUT2D eigenvalue weighted by Crippen LogP contribution is -2.44. The smallest absolute Gasteiger partial charge is 0.227 e. The van der Waals surface area contributed by atoms with Crippen LogP contribution in [-0.2, 0) is 21.4 Å². The van der Waals surface area contributed by atoms with E-state index in [2.05, 4.69) is 41.4 Å². The van der Waals surface area contributed by atoms with E-state index in [1.165, 1.54) is 17.7 Å². The molecular weight excluding hydrogens is 421 g/mol. The SMILES string of the molecule is CC(C)c1ccc(-c2noc(CCC(=O)NCC3(c4ccc(F)cc4)CCOCC3)n2)cc1. The van der Waals surface area contributed by atoms with E-state index in [1.807, 2.05) is 12.1 Å². The summed E-state index contributed by atoms with van der Waals surface area (Å²) in [5, 5.41) is 7.11. The van der Waals surface area contributed by atoms with Gasteiger partial charge in [0, 0.05) is 43.6 Å². The Labute approximate surface area is 193 Å². The van der Waals surface area contributed by atoms with Gasteiger partial charge >= 0.3 is 0 Å². The van der Waals surface area contributed by atoms with Crippen LogP contribution in [0.15, 0.2) is 53.1 Å². The molecule has 2 aromatic carbocycles. The molecule has 1 fully saturated rings. The maximum atomic E-state index is 13.4. The van der Waals surface area contributed by atoms with Crippen molar-refractivity contribution < 1.29 is 18.4 Å². The van der Waals surface area contributed by atoms with Gasteiger partial charge in [-0.15, -0.1) is 0 Å². The summed E-state index contributed by atoms with van der Waals surface area (Å²) in [6.07, 6.45) is 2.18. The van der Waals surface area contributed by atoms with E-state index in [4.69, 9.17) is 9.26 Å². The van der Waals surface area contributed by atoms with E-state index in [9.17, 15) is 9.18 Å². The third-order valence-corrected chi connectivity index (χ3v) is 6.40. The van der Waals surface area contributed by atoms with Crippen molar-refractivity contribution in [3.05, 3.63) is 71.4 Å². The highest BCUT2D eigenvalue weighted by atomic mass is 19.1. The van der Waals surface area contributed by atoms with Crippen LogP contribution in [0.5, 0.6) is 0 Å². The number of halogens is 1. The average molecular weight is 452 g/mol. The van der Waals surface area contributed by atoms with Crippen molar-refractivity contribution in [1.29, 1.82) is 0 Å². The molecule has 3 aromatic rings. The molecule has 1 aliphatic heterocycles. The molecule has 1 aliphatic rings. The van der Waals surface area contributed by atoms with E-state index in [-0.39, 0.29) is 23.6 Å². The van der Waals surface area contributed by atoms with Crippen LogP contribution in [0.1, 0.15) is 56.0 Å².